The first kappa shape index (κ1) is 23.2. The second-order valence-corrected chi connectivity index (χ2v) is 11.1. The van der Waals surface area contributed by atoms with Gasteiger partial charge in [0.1, 0.15) is 29.0 Å². The Balaban J connectivity index is 1.63. The molecule has 7 heteroatoms. The summed E-state index contributed by atoms with van der Waals surface area (Å²) < 4.78 is 19.4. The quantitative estimate of drug-likeness (QED) is 0.257. The molecule has 0 aromatic rings. The summed E-state index contributed by atoms with van der Waals surface area (Å²) in [4.78, 5) is 10.9. The van der Waals surface area contributed by atoms with Gasteiger partial charge in [-0.25, -0.2) is 4.79 Å². The van der Waals surface area contributed by atoms with E-state index in [1.165, 1.54) is 11.6 Å². The van der Waals surface area contributed by atoms with Crippen LogP contribution in [0.25, 0.3) is 0 Å². The van der Waals surface area contributed by atoms with Crippen LogP contribution in [-0.4, -0.2) is 69.1 Å². The normalized spacial score (nSPS) is 53.5. The van der Waals surface area contributed by atoms with Crippen molar-refractivity contribution in [3.8, 4) is 0 Å². The third-order valence-electron chi connectivity index (χ3n) is 9.08. The van der Waals surface area contributed by atoms with E-state index < -0.39 is 40.9 Å². The van der Waals surface area contributed by atoms with Crippen molar-refractivity contribution in [1.29, 1.82) is 0 Å². The molecule has 0 aromatic carbocycles. The van der Waals surface area contributed by atoms with Crippen molar-refractivity contribution in [2.75, 3.05) is 6.61 Å². The molecule has 5 rings (SSSR count). The Labute approximate surface area is 195 Å². The number of aliphatic hydroxyl groups excluding tert-OH is 1. The van der Waals surface area contributed by atoms with E-state index in [2.05, 4.69) is 26.8 Å². The Bertz CT molecular complexity index is 910. The van der Waals surface area contributed by atoms with Crippen molar-refractivity contribution in [1.82, 2.24) is 0 Å². The van der Waals surface area contributed by atoms with Crippen molar-refractivity contribution in [2.45, 2.75) is 88.2 Å². The van der Waals surface area contributed by atoms with Gasteiger partial charge in [0, 0.05) is 12.7 Å². The van der Waals surface area contributed by atoms with E-state index in [1.807, 2.05) is 6.92 Å². The number of rotatable bonds is 3. The van der Waals surface area contributed by atoms with Gasteiger partial charge in [-0.1, -0.05) is 36.8 Å². The Morgan fingerprint density at radius 2 is 1.97 bits per heavy atom. The molecule has 0 spiro atoms. The highest BCUT2D eigenvalue weighted by Gasteiger charge is 2.80. The van der Waals surface area contributed by atoms with Crippen LogP contribution in [0.3, 0.4) is 0 Å². The minimum Gasteiger partial charge on any atom is -0.478 e. The van der Waals surface area contributed by atoms with Gasteiger partial charge in [-0.3, -0.25) is 0 Å². The number of ether oxygens (including phenoxy) is 3. The molecule has 3 heterocycles. The molecule has 0 radical (unpaired) electrons. The first-order valence-corrected chi connectivity index (χ1v) is 12.1. The number of epoxide rings is 1. The maximum Gasteiger partial charge on any atom is 0.328 e. The van der Waals surface area contributed by atoms with Gasteiger partial charge in [0.25, 0.3) is 0 Å². The number of carboxylic acids is 1. The molecule has 3 aliphatic heterocycles. The number of aliphatic carboxylic acids is 1. The molecule has 4 fully saturated rings. The van der Waals surface area contributed by atoms with E-state index in [-0.39, 0.29) is 30.0 Å². The van der Waals surface area contributed by atoms with Crippen LogP contribution in [-0.2, 0) is 19.0 Å². The molecule has 0 unspecified atom stereocenters. The molecule has 3 N–H and O–H groups in total. The zero-order valence-electron chi connectivity index (χ0n) is 19.8. The number of carbonyl (C=O) groups is 1. The zero-order valence-corrected chi connectivity index (χ0v) is 19.8. The van der Waals surface area contributed by atoms with Crippen LogP contribution in [0.1, 0.15) is 47.0 Å². The van der Waals surface area contributed by atoms with E-state index in [1.54, 1.807) is 12.2 Å². The lowest BCUT2D eigenvalue weighted by Crippen LogP contribution is -2.72. The average Bonchev–Trinajstić information content (AvgIpc) is 3.44. The number of allylic oxidation sites excluding steroid dienone is 4. The second-order valence-electron chi connectivity index (χ2n) is 11.1. The summed E-state index contributed by atoms with van der Waals surface area (Å²) in [5.74, 6) is -1.42. The van der Waals surface area contributed by atoms with E-state index in [4.69, 9.17) is 19.3 Å². The highest BCUT2D eigenvalue weighted by atomic mass is 16.6. The molecule has 11 atom stereocenters. The van der Waals surface area contributed by atoms with Crippen LogP contribution in [0, 0.1) is 23.7 Å². The minimum atomic E-state index is -1.49. The molecule has 182 valence electrons. The van der Waals surface area contributed by atoms with Crippen LogP contribution in [0.5, 0.6) is 0 Å². The molecule has 0 amide bonds. The Morgan fingerprint density at radius 3 is 2.70 bits per heavy atom. The minimum absolute atomic E-state index is 0.0209. The van der Waals surface area contributed by atoms with Crippen molar-refractivity contribution < 1.29 is 34.3 Å². The third-order valence-corrected chi connectivity index (χ3v) is 9.08. The van der Waals surface area contributed by atoms with Crippen LogP contribution < -0.4 is 0 Å². The van der Waals surface area contributed by atoms with Gasteiger partial charge >= 0.3 is 5.97 Å². The molecular weight excluding hydrogens is 424 g/mol. The molecule has 5 aliphatic rings. The lowest BCUT2D eigenvalue weighted by molar-refractivity contribution is -0.255. The number of fused-ring (bicyclic) bond motifs is 8. The highest BCUT2D eigenvalue weighted by Crippen LogP contribution is 2.68. The van der Waals surface area contributed by atoms with Crippen LogP contribution in [0.2, 0.25) is 0 Å². The fourth-order valence-corrected chi connectivity index (χ4v) is 7.77. The van der Waals surface area contributed by atoms with Crippen molar-refractivity contribution in [3.05, 3.63) is 36.0 Å². The maximum atomic E-state index is 12.6. The van der Waals surface area contributed by atoms with Crippen LogP contribution >= 0.6 is 0 Å². The fraction of sp³-hybridized carbons (Fsp3) is 0.731. The Kier molecular flexibility index (Phi) is 5.46. The first-order chi connectivity index (χ1) is 15.5. The van der Waals surface area contributed by atoms with E-state index in [0.717, 1.165) is 18.9 Å². The molecule has 0 aromatic heterocycles. The summed E-state index contributed by atoms with van der Waals surface area (Å²) in [5, 5.41) is 33.3. The predicted molar refractivity (Wildman–Crippen MR) is 120 cm³/mol. The zero-order chi connectivity index (χ0) is 23.8. The summed E-state index contributed by atoms with van der Waals surface area (Å²) in [6, 6.07) is 0. The van der Waals surface area contributed by atoms with Gasteiger partial charge < -0.3 is 29.5 Å². The van der Waals surface area contributed by atoms with E-state index in [9.17, 15) is 15.0 Å². The summed E-state index contributed by atoms with van der Waals surface area (Å²) >= 11 is 0. The van der Waals surface area contributed by atoms with Gasteiger partial charge in [0.15, 0.2) is 0 Å². The highest BCUT2D eigenvalue weighted by molar-refractivity contribution is 5.80. The van der Waals surface area contributed by atoms with E-state index >= 15 is 0 Å². The molecular formula is C26H36O7. The topological polar surface area (TPSA) is 109 Å². The lowest BCUT2D eigenvalue weighted by Gasteiger charge is -2.58. The second kappa shape index (κ2) is 7.75. The van der Waals surface area contributed by atoms with Crippen LogP contribution in [0.15, 0.2) is 36.0 Å². The number of hydrogen-bond acceptors (Lipinski definition) is 6. The molecule has 2 aliphatic carbocycles. The molecule has 0 bridgehead atoms. The smallest absolute Gasteiger partial charge is 0.328 e. The summed E-state index contributed by atoms with van der Waals surface area (Å²) in [5.41, 5.74) is -1.64. The summed E-state index contributed by atoms with van der Waals surface area (Å²) in [6.07, 6.45) is 7.82. The van der Waals surface area contributed by atoms with Crippen LogP contribution in [0.4, 0.5) is 0 Å². The molecule has 33 heavy (non-hydrogen) atoms. The standard InChI is InChI=1S/C26H36O7/c1-14-9-10-17-16(13-14)22-25(4,33-22)23-24(3)21(15(2)11-12-31-24)32-18(20(29)26(17,23)30)7-5-6-8-19(27)28/h5-9,15-18,20-23,29-30H,10-13H2,1-4H3,(H,27,28)/b7-5+,8-6+/t15-,16-,17-,18-,20-,21-,22+,23-,24-,25+,26+/m1/s1. The Morgan fingerprint density at radius 1 is 1.21 bits per heavy atom. The maximum absolute atomic E-state index is 12.6. The van der Waals surface area contributed by atoms with Gasteiger partial charge in [0.05, 0.1) is 18.1 Å². The molecule has 3 saturated heterocycles. The SMILES string of the molecule is CC1=CC[C@@H]2[C@@H](C1)[C@@H]1O[C@]1(C)[C@H]1[C@]3(C)OCC[C@@H](C)[C@H]3O[C@H](/C=C/C=C/C(=O)O)[C@@H](O)[C@]12O. The average molecular weight is 461 g/mol. The molecule has 1 saturated carbocycles. The van der Waals surface area contributed by atoms with Crippen molar-refractivity contribution in [2.24, 2.45) is 23.7 Å². The van der Waals surface area contributed by atoms with Gasteiger partial charge in [-0.15, -0.1) is 0 Å². The Hall–Kier alpha value is -1.51. The van der Waals surface area contributed by atoms with Gasteiger partial charge in [-0.05, 0) is 57.8 Å². The molecule has 7 nitrogen and oxygen atoms in total. The summed E-state index contributed by atoms with van der Waals surface area (Å²) in [7, 11) is 0. The third kappa shape index (κ3) is 3.31. The van der Waals surface area contributed by atoms with Crippen molar-refractivity contribution >= 4 is 5.97 Å². The lowest BCUT2D eigenvalue weighted by atomic mass is 9.50. The first-order valence-electron chi connectivity index (χ1n) is 12.1. The van der Waals surface area contributed by atoms with Crippen molar-refractivity contribution in [3.63, 3.8) is 0 Å². The van der Waals surface area contributed by atoms with Gasteiger partial charge in [-0.2, -0.15) is 0 Å². The number of hydrogen-bond donors (Lipinski definition) is 3. The largest absolute Gasteiger partial charge is 0.478 e. The monoisotopic (exact) mass is 460 g/mol. The number of aliphatic hydroxyl groups is 2. The summed E-state index contributed by atoms with van der Waals surface area (Å²) in [6.45, 7) is 8.87. The van der Waals surface area contributed by atoms with Gasteiger partial charge in [0.2, 0.25) is 0 Å². The fourth-order valence-electron chi connectivity index (χ4n) is 7.77. The predicted octanol–water partition coefficient (Wildman–Crippen LogP) is 2.62. The van der Waals surface area contributed by atoms with E-state index in [0.29, 0.717) is 13.0 Å². The number of carboxylic acid groups (broad SMARTS) is 1.